The van der Waals surface area contributed by atoms with Crippen LogP contribution in [0.4, 0.5) is 0 Å². The summed E-state index contributed by atoms with van der Waals surface area (Å²) in [6.45, 7) is 34.5. The fourth-order valence-electron chi connectivity index (χ4n) is 21.1. The summed E-state index contributed by atoms with van der Waals surface area (Å²) in [5.41, 5.74) is 26.3. The predicted molar refractivity (Wildman–Crippen MR) is 554 cm³/mol. The molecule has 0 radical (unpaired) electrons. The van der Waals surface area contributed by atoms with Crippen molar-refractivity contribution in [3.8, 4) is 6.07 Å². The zero-order valence-corrected chi connectivity index (χ0v) is 90.0. The topological polar surface area (TPSA) is 475 Å². The maximum absolute atomic E-state index is 13.0. The first kappa shape index (κ1) is 118. The molecule has 6 saturated heterocycles. The Morgan fingerprint density at radius 2 is 0.818 bits per heavy atom. The number of hydrogen-bond acceptors (Lipinski definition) is 28. The van der Waals surface area contributed by atoms with E-state index in [0.717, 1.165) is 129 Å². The first-order chi connectivity index (χ1) is 69.5. The van der Waals surface area contributed by atoms with Crippen LogP contribution in [-0.4, -0.2) is 239 Å². The van der Waals surface area contributed by atoms with Crippen molar-refractivity contribution in [1.82, 2.24) is 19.6 Å². The van der Waals surface area contributed by atoms with Crippen LogP contribution < -0.4 is 22.5 Å². The Hall–Kier alpha value is -9.76. The van der Waals surface area contributed by atoms with Crippen LogP contribution in [0.15, 0.2) is 94.9 Å². The Morgan fingerprint density at radius 3 is 1.17 bits per heavy atom. The molecule has 0 unspecified atom stereocenters. The Morgan fingerprint density at radius 1 is 0.466 bits per heavy atom. The molecule has 9 fully saturated rings. The van der Waals surface area contributed by atoms with Crippen molar-refractivity contribution >= 4 is 111 Å². The van der Waals surface area contributed by atoms with Crippen molar-refractivity contribution in [2.24, 2.45) is 22.5 Å². The van der Waals surface area contributed by atoms with Crippen LogP contribution >= 0.6 is 27.7 Å². The van der Waals surface area contributed by atoms with Crippen LogP contribution in [0.25, 0.3) is 5.57 Å². The van der Waals surface area contributed by atoms with E-state index in [1.807, 2.05) is 42.5 Å². The first-order valence-corrected chi connectivity index (χ1v) is 52.7. The van der Waals surface area contributed by atoms with Crippen molar-refractivity contribution in [1.29, 1.82) is 5.26 Å². The number of halogens is 2. The van der Waals surface area contributed by atoms with Gasteiger partial charge in [-0.25, -0.2) is 5.25 Å². The van der Waals surface area contributed by atoms with Gasteiger partial charge in [-0.2, -0.15) is 5.26 Å². The van der Waals surface area contributed by atoms with E-state index < -0.39 is 88.2 Å². The number of rotatable bonds is 20. The van der Waals surface area contributed by atoms with Gasteiger partial charge < -0.3 is 103 Å². The lowest BCUT2D eigenvalue weighted by molar-refractivity contribution is -0.179. The number of amides is 7. The van der Waals surface area contributed by atoms with Crippen LogP contribution in [0.2, 0.25) is 0 Å². The minimum atomic E-state index is -0.869. The van der Waals surface area contributed by atoms with Crippen molar-refractivity contribution in [2.75, 3.05) is 66.1 Å². The van der Waals surface area contributed by atoms with Crippen LogP contribution in [0.3, 0.4) is 0 Å². The molecule has 4 aromatic carbocycles. The summed E-state index contributed by atoms with van der Waals surface area (Å²) in [4.78, 5) is 153. The Balaban J connectivity index is 0.000000173. The third kappa shape index (κ3) is 30.6. The summed E-state index contributed by atoms with van der Waals surface area (Å²) >= 11 is 7.50. The fourth-order valence-corrected chi connectivity index (χ4v) is 21.5. The zero-order chi connectivity index (χ0) is 107. The summed E-state index contributed by atoms with van der Waals surface area (Å²) in [7, 11) is -0.219. The van der Waals surface area contributed by atoms with Crippen LogP contribution in [0, 0.1) is 11.3 Å². The Bertz CT molecular complexity index is 5490. The van der Waals surface area contributed by atoms with E-state index >= 15 is 0 Å². The number of carbonyl (C=O) groups is 12. The summed E-state index contributed by atoms with van der Waals surface area (Å²) in [5, 5.41) is 11.3. The van der Waals surface area contributed by atoms with Crippen molar-refractivity contribution in [3.63, 3.8) is 0 Å². The average Bonchev–Trinajstić information content (AvgIpc) is 1.63. The van der Waals surface area contributed by atoms with Gasteiger partial charge in [-0.1, -0.05) is 65.8 Å². The van der Waals surface area contributed by atoms with Crippen molar-refractivity contribution < 1.29 is 124 Å². The van der Waals surface area contributed by atoms with Crippen LogP contribution in [0.5, 0.6) is 0 Å². The minimum Gasteiger partial charge on any atom is -0.460 e. The number of carbonyl (C=O) groups excluding carboxylic acids is 12. The average molecular weight is 2140 g/mol. The second kappa shape index (κ2) is 51.1. The molecule has 4 atom stereocenters. The van der Waals surface area contributed by atoms with Crippen molar-refractivity contribution in [2.45, 2.75) is 378 Å². The molecule has 10 heterocycles. The number of Topliss-reactive ketones (excluding diaryl/α,β-unsaturated/α-hetero) is 2. The second-order valence-electron chi connectivity index (χ2n) is 43.6. The summed E-state index contributed by atoms with van der Waals surface area (Å²) < 4.78 is 80.2. The lowest BCUT2D eigenvalue weighted by atomic mass is 9.71. The SMILES string of the molecule is C.C1CCOC1.CC#N.CC(C)(C)OC(=O)CC[C@@H](C(N)=O)N1Cc2cc(Br)ccc2C1=O.CC(C)(C)OC(=O)CC[C@@H](C(N)=O)N1Cc2cc(C3=CCC4(CC3)OCCO4)ccc2C1=O.CC(C)(C)OC(=O)CC[C@@H](C(N)=O)N1Cc2cc(C3CCC4(CC3)OCCO4)ccc2C1=O.CC1(C)OB(C2=CCC3(CC2)OCCO3)OC1(C)C.NCl.O=C1CC[C@H](N2Cc3cc(C4CCC5(CC4)OCCO5)ccc3C2=O)C(=O)C1. The number of nitriles is 1. The molecule has 4 aromatic rings. The molecular weight excluding hydrogens is 1990 g/mol. The van der Waals surface area contributed by atoms with E-state index in [9.17, 15) is 57.5 Å². The van der Waals surface area contributed by atoms with Gasteiger partial charge in [0, 0.05) is 150 Å². The third-order valence-electron chi connectivity index (χ3n) is 29.2. The molecule has 7 amide bonds. The van der Waals surface area contributed by atoms with E-state index in [0.29, 0.717) is 126 Å². The largest absolute Gasteiger partial charge is 0.490 e. The molecule has 5 aliphatic carbocycles. The highest BCUT2D eigenvalue weighted by Gasteiger charge is 2.55. The summed E-state index contributed by atoms with van der Waals surface area (Å²) in [6, 6.07) is 21.9. The first-order valence-electron chi connectivity index (χ1n) is 51.5. The van der Waals surface area contributed by atoms with Gasteiger partial charge in [0.1, 0.15) is 40.7 Å². The molecule has 148 heavy (non-hydrogen) atoms. The monoisotopic (exact) mass is 2140 g/mol. The number of primary amides is 3. The molecule has 38 heteroatoms. The molecule has 10 aliphatic heterocycles. The maximum atomic E-state index is 13.0. The lowest BCUT2D eigenvalue weighted by Gasteiger charge is -2.35. The number of fused-ring (bicyclic) bond motifs is 4. The number of nitrogens with zero attached hydrogens (tertiary/aromatic N) is 5. The third-order valence-corrected chi connectivity index (χ3v) is 29.7. The van der Waals surface area contributed by atoms with Gasteiger partial charge in [0.15, 0.2) is 28.9 Å². The summed E-state index contributed by atoms with van der Waals surface area (Å²) in [6.07, 6.45) is 20.6. The highest BCUT2D eigenvalue weighted by molar-refractivity contribution is 9.10. The van der Waals surface area contributed by atoms with Gasteiger partial charge in [-0.3, -0.25) is 57.5 Å². The van der Waals surface area contributed by atoms with E-state index in [-0.39, 0.29) is 124 Å². The van der Waals surface area contributed by atoms with Gasteiger partial charge >= 0.3 is 25.0 Å². The van der Waals surface area contributed by atoms with Crippen LogP contribution in [-0.2, 0) is 131 Å². The number of nitrogens with two attached hydrogens (primary N) is 4. The highest BCUT2D eigenvalue weighted by atomic mass is 79.9. The number of allylic oxidation sites excluding steroid dienone is 2. The van der Waals surface area contributed by atoms with E-state index in [4.69, 9.17) is 88.6 Å². The number of ketones is 2. The molecule has 35 nitrogen and oxygen atoms in total. The molecule has 19 rings (SSSR count). The van der Waals surface area contributed by atoms with Crippen LogP contribution in [0.1, 0.15) is 357 Å². The van der Waals surface area contributed by atoms with E-state index in [1.165, 1.54) is 56.6 Å². The zero-order valence-electron chi connectivity index (χ0n) is 87.6. The molecule has 810 valence electrons. The molecule has 0 aromatic heterocycles. The fraction of sp³-hybridized carbons (Fsp3) is 0.627. The second-order valence-corrected chi connectivity index (χ2v) is 44.5. The minimum absolute atomic E-state index is 0. The molecule has 0 bridgehead atoms. The number of ether oxygens (including phenoxy) is 12. The predicted octanol–water partition coefficient (Wildman–Crippen LogP) is 15.6. The van der Waals surface area contributed by atoms with Gasteiger partial charge in [0.2, 0.25) is 17.7 Å². The van der Waals surface area contributed by atoms with E-state index in [2.05, 4.69) is 91.0 Å². The summed E-state index contributed by atoms with van der Waals surface area (Å²) in [5.74, 6) is -4.81. The number of esters is 3. The smallest absolute Gasteiger partial charge is 0.460 e. The molecule has 8 N–H and O–H groups in total. The van der Waals surface area contributed by atoms with Gasteiger partial charge in [-0.05, 0) is 283 Å². The Labute approximate surface area is 883 Å². The standard InChI is InChI=1S/C25H34N2O6.C25H32N2O6.C22H25NO5.C17H21BrN2O4.C14H23BO4.C4H8O.C2H3N.CH4.ClH2N/c2*1-24(2,3)33-21(28)7-6-20(22(26)29)27-15-18-14-17(4-5-19(18)23(27)30)16-8-10-25(11-9-16)31-12-13-32-25;24-17-2-4-19(20(25)12-17)23-13-16-11-15(1-3-18(16)21(23)26)14-5-7-22(8-6-14)27-9-10-28-22;1-17(2,3)24-14(21)7-6-13(15(19)22)20-9-10-8-11(18)4-5-12(10)16(20)23;1-12(2)13(3,4)19-15(18-12)11-5-7-14(8-6-11)16-9-10-17-14;1-2-4-5-3-1;1-2-3;;1-2/h4-5,14,16,20H,6-13,15H2,1-3H3,(H2,26,29);4-5,8,14,20H,6-7,9-13,15H2,1-3H3,(H2,26,29);1,3,11,14,19H,2,4-10,12-13H2;4-5,8,13H,6-7,9H2,1-3H3,(H2,19,22);5H,6-10H2,1-4H3;1-4H2;1H3;1H4;2H2/t2*20-;19-;13-;;;;;/m0000...../s1. The molecule has 4 spiro atoms. The van der Waals surface area contributed by atoms with Gasteiger partial charge in [-0.15, -0.1) is 0 Å². The highest BCUT2D eigenvalue weighted by Crippen LogP contribution is 2.49. The number of hydrogen-bond donors (Lipinski definition) is 4. The van der Waals surface area contributed by atoms with Crippen molar-refractivity contribution in [3.05, 3.63) is 156 Å². The molecule has 3 saturated carbocycles. The van der Waals surface area contributed by atoms with E-state index in [1.54, 1.807) is 85.4 Å². The normalized spacial score (nSPS) is 22.4. The lowest BCUT2D eigenvalue weighted by Crippen LogP contribution is -2.45. The van der Waals surface area contributed by atoms with Gasteiger partial charge in [0.05, 0.1) is 82.6 Å². The van der Waals surface area contributed by atoms with Gasteiger partial charge in [0.25, 0.3) is 23.6 Å². The molecule has 15 aliphatic rings. The molecular formula is C110H152BBrClN9O26. The maximum Gasteiger partial charge on any atom is 0.490 e. The quantitative estimate of drug-likeness (QED) is 0.0210. The Kier molecular flexibility index (Phi) is 40.9. The number of benzene rings is 4.